The summed E-state index contributed by atoms with van der Waals surface area (Å²) in [7, 11) is 6.02. The van der Waals surface area contributed by atoms with Gasteiger partial charge in [0, 0.05) is 26.2 Å². The fourth-order valence-electron chi connectivity index (χ4n) is 2.59. The molecule has 0 heterocycles. The van der Waals surface area contributed by atoms with Crippen LogP contribution in [-0.4, -0.2) is 38.0 Å². The van der Waals surface area contributed by atoms with E-state index in [1.165, 1.54) is 36.8 Å². The van der Waals surface area contributed by atoms with Gasteiger partial charge in [-0.3, -0.25) is 4.99 Å². The van der Waals surface area contributed by atoms with Crippen molar-refractivity contribution in [3.63, 3.8) is 0 Å². The number of benzene rings is 1. The van der Waals surface area contributed by atoms with Gasteiger partial charge >= 0.3 is 0 Å². The molecular weight excluding hydrogens is 411 g/mol. The summed E-state index contributed by atoms with van der Waals surface area (Å²) < 4.78 is 0. The predicted molar refractivity (Wildman–Crippen MR) is 116 cm³/mol. The van der Waals surface area contributed by atoms with E-state index in [0.29, 0.717) is 6.04 Å². The molecule has 4 nitrogen and oxygen atoms in total. The standard InChI is InChI=1S/C19H34N4.HI/c1-6-7-8-10-16(2)22-19(20-3)21-14-17-11-9-12-18(13-17)15-23(4)5;/h9,11-13,16H,6-8,10,14-15H2,1-5H3,(H2,20,21,22);1H. The lowest BCUT2D eigenvalue weighted by Crippen LogP contribution is -2.41. The summed E-state index contributed by atoms with van der Waals surface area (Å²) in [5, 5.41) is 6.89. The Morgan fingerprint density at radius 1 is 1.21 bits per heavy atom. The first kappa shape index (κ1) is 23.2. The highest BCUT2D eigenvalue weighted by Crippen LogP contribution is 2.07. The Morgan fingerprint density at radius 2 is 1.92 bits per heavy atom. The number of rotatable bonds is 9. The van der Waals surface area contributed by atoms with Crippen LogP contribution in [0.4, 0.5) is 0 Å². The van der Waals surface area contributed by atoms with Gasteiger partial charge in [0.2, 0.25) is 0 Å². The molecule has 0 saturated heterocycles. The molecule has 1 aromatic carbocycles. The predicted octanol–water partition coefficient (Wildman–Crippen LogP) is 4.00. The molecule has 138 valence electrons. The van der Waals surface area contributed by atoms with Gasteiger partial charge in [0.1, 0.15) is 0 Å². The van der Waals surface area contributed by atoms with Crippen LogP contribution in [0, 0.1) is 0 Å². The van der Waals surface area contributed by atoms with Crippen molar-refractivity contribution >= 4 is 29.9 Å². The van der Waals surface area contributed by atoms with E-state index in [9.17, 15) is 0 Å². The Kier molecular flexibility index (Phi) is 13.0. The van der Waals surface area contributed by atoms with E-state index in [4.69, 9.17) is 0 Å². The van der Waals surface area contributed by atoms with Crippen molar-refractivity contribution in [2.45, 2.75) is 58.7 Å². The smallest absolute Gasteiger partial charge is 0.191 e. The van der Waals surface area contributed by atoms with E-state index < -0.39 is 0 Å². The summed E-state index contributed by atoms with van der Waals surface area (Å²) in [6.45, 7) is 6.22. The van der Waals surface area contributed by atoms with Crippen molar-refractivity contribution in [3.8, 4) is 0 Å². The fourth-order valence-corrected chi connectivity index (χ4v) is 2.59. The van der Waals surface area contributed by atoms with Crippen molar-refractivity contribution in [2.75, 3.05) is 21.1 Å². The summed E-state index contributed by atoms with van der Waals surface area (Å²) in [6, 6.07) is 9.16. The first-order valence-electron chi connectivity index (χ1n) is 8.74. The molecule has 1 rings (SSSR count). The van der Waals surface area contributed by atoms with Crippen LogP contribution in [0.15, 0.2) is 29.3 Å². The van der Waals surface area contributed by atoms with Crippen LogP contribution < -0.4 is 10.6 Å². The minimum absolute atomic E-state index is 0. The molecule has 1 aromatic rings. The number of guanidine groups is 1. The van der Waals surface area contributed by atoms with Crippen molar-refractivity contribution in [1.82, 2.24) is 15.5 Å². The summed E-state index contributed by atoms with van der Waals surface area (Å²) in [4.78, 5) is 6.51. The Labute approximate surface area is 165 Å². The average molecular weight is 446 g/mol. The van der Waals surface area contributed by atoms with Gasteiger partial charge in [-0.1, -0.05) is 50.5 Å². The lowest BCUT2D eigenvalue weighted by Gasteiger charge is -2.18. The van der Waals surface area contributed by atoms with E-state index in [1.807, 2.05) is 7.05 Å². The summed E-state index contributed by atoms with van der Waals surface area (Å²) in [6.07, 6.45) is 5.03. The van der Waals surface area contributed by atoms with Crippen LogP contribution in [0.25, 0.3) is 0 Å². The molecule has 1 unspecified atom stereocenters. The monoisotopic (exact) mass is 446 g/mol. The molecule has 0 aliphatic heterocycles. The van der Waals surface area contributed by atoms with Crippen LogP contribution in [0.1, 0.15) is 50.7 Å². The third-order valence-corrected chi connectivity index (χ3v) is 3.80. The third-order valence-electron chi connectivity index (χ3n) is 3.80. The van der Waals surface area contributed by atoms with Crippen LogP contribution in [0.3, 0.4) is 0 Å². The van der Waals surface area contributed by atoms with Crippen LogP contribution in [0.5, 0.6) is 0 Å². The van der Waals surface area contributed by atoms with Crippen molar-refractivity contribution in [2.24, 2.45) is 4.99 Å². The maximum absolute atomic E-state index is 4.33. The van der Waals surface area contributed by atoms with E-state index in [0.717, 1.165) is 19.0 Å². The quantitative estimate of drug-likeness (QED) is 0.261. The number of hydrogen-bond acceptors (Lipinski definition) is 2. The summed E-state index contributed by atoms with van der Waals surface area (Å²) in [5.74, 6) is 0.881. The van der Waals surface area contributed by atoms with Crippen LogP contribution in [0.2, 0.25) is 0 Å². The number of nitrogens with one attached hydrogen (secondary N) is 2. The average Bonchev–Trinajstić information content (AvgIpc) is 2.51. The first-order valence-corrected chi connectivity index (χ1v) is 8.74. The topological polar surface area (TPSA) is 39.7 Å². The third kappa shape index (κ3) is 10.1. The van der Waals surface area contributed by atoms with Crippen LogP contribution in [-0.2, 0) is 13.1 Å². The Morgan fingerprint density at radius 3 is 2.54 bits per heavy atom. The second kappa shape index (κ2) is 13.5. The minimum atomic E-state index is 0. The van der Waals surface area contributed by atoms with Crippen molar-refractivity contribution in [1.29, 1.82) is 0 Å². The maximum atomic E-state index is 4.33. The largest absolute Gasteiger partial charge is 0.354 e. The Balaban J connectivity index is 0.00000529. The van der Waals surface area contributed by atoms with Crippen LogP contribution >= 0.6 is 24.0 Å². The van der Waals surface area contributed by atoms with E-state index in [1.54, 1.807) is 0 Å². The van der Waals surface area contributed by atoms with Gasteiger partial charge in [-0.25, -0.2) is 0 Å². The summed E-state index contributed by atoms with van der Waals surface area (Å²) in [5.41, 5.74) is 2.62. The van der Waals surface area contributed by atoms with Gasteiger partial charge in [-0.2, -0.15) is 0 Å². The van der Waals surface area contributed by atoms with E-state index >= 15 is 0 Å². The van der Waals surface area contributed by atoms with E-state index in [2.05, 4.69) is 72.7 Å². The van der Waals surface area contributed by atoms with Gasteiger partial charge < -0.3 is 15.5 Å². The Hall–Kier alpha value is -0.820. The number of nitrogens with zero attached hydrogens (tertiary/aromatic N) is 2. The minimum Gasteiger partial charge on any atom is -0.354 e. The zero-order valence-corrected chi connectivity index (χ0v) is 18.3. The van der Waals surface area contributed by atoms with Gasteiger partial charge in [-0.05, 0) is 38.6 Å². The lowest BCUT2D eigenvalue weighted by molar-refractivity contribution is 0.402. The van der Waals surface area contributed by atoms with Gasteiger partial charge in [-0.15, -0.1) is 24.0 Å². The van der Waals surface area contributed by atoms with Gasteiger partial charge in [0.25, 0.3) is 0 Å². The number of hydrogen-bond donors (Lipinski definition) is 2. The summed E-state index contributed by atoms with van der Waals surface area (Å²) >= 11 is 0. The molecule has 0 fully saturated rings. The van der Waals surface area contributed by atoms with E-state index in [-0.39, 0.29) is 24.0 Å². The molecule has 2 N–H and O–H groups in total. The first-order chi connectivity index (χ1) is 11.0. The molecule has 24 heavy (non-hydrogen) atoms. The van der Waals surface area contributed by atoms with Crippen molar-refractivity contribution < 1.29 is 0 Å². The molecule has 0 radical (unpaired) electrons. The highest BCUT2D eigenvalue weighted by atomic mass is 127. The normalized spacial score (nSPS) is 12.7. The molecule has 1 atom stereocenters. The zero-order valence-electron chi connectivity index (χ0n) is 15.9. The second-order valence-electron chi connectivity index (χ2n) is 6.52. The molecule has 0 aromatic heterocycles. The SMILES string of the molecule is CCCCCC(C)NC(=NC)NCc1cccc(CN(C)C)c1.I. The molecule has 0 saturated carbocycles. The molecular formula is C19H35IN4. The second-order valence-corrected chi connectivity index (χ2v) is 6.52. The maximum Gasteiger partial charge on any atom is 0.191 e. The fraction of sp³-hybridized carbons (Fsp3) is 0.632. The molecule has 0 spiro atoms. The highest BCUT2D eigenvalue weighted by molar-refractivity contribution is 14.0. The molecule has 0 aliphatic carbocycles. The number of halogens is 1. The van der Waals surface area contributed by atoms with Gasteiger partial charge in [0.15, 0.2) is 5.96 Å². The molecule has 0 aliphatic rings. The molecule has 5 heteroatoms. The van der Waals surface area contributed by atoms with Crippen molar-refractivity contribution in [3.05, 3.63) is 35.4 Å². The Bertz CT molecular complexity index is 474. The number of aliphatic imine (C=N–C) groups is 1. The highest BCUT2D eigenvalue weighted by Gasteiger charge is 2.05. The molecule has 0 amide bonds. The zero-order chi connectivity index (χ0) is 17.1. The van der Waals surface area contributed by atoms with Gasteiger partial charge in [0.05, 0.1) is 0 Å². The lowest BCUT2D eigenvalue weighted by atomic mass is 10.1. The number of unbranched alkanes of at least 4 members (excludes halogenated alkanes) is 2. The molecule has 0 bridgehead atoms.